The largest absolute Gasteiger partial charge is 0.480 e. The third-order valence-corrected chi connectivity index (χ3v) is 4.85. The first-order valence-corrected chi connectivity index (χ1v) is 8.92. The molecule has 8 nitrogen and oxygen atoms in total. The quantitative estimate of drug-likeness (QED) is 0.510. The summed E-state index contributed by atoms with van der Waals surface area (Å²) in [6.45, 7) is 1.78. The highest BCUT2D eigenvalue weighted by Gasteiger charge is 2.22. The number of carbonyl (C=O) groups is 1. The molecule has 0 aliphatic carbocycles. The van der Waals surface area contributed by atoms with E-state index < -0.39 is 17.6 Å². The van der Waals surface area contributed by atoms with Crippen molar-refractivity contribution in [3.8, 4) is 11.1 Å². The van der Waals surface area contributed by atoms with E-state index in [1.165, 1.54) is 22.8 Å². The Labute approximate surface area is 162 Å². The van der Waals surface area contributed by atoms with Gasteiger partial charge in [-0.15, -0.1) is 10.2 Å². The third kappa shape index (κ3) is 2.73. The standard InChI is InChI=1S/C18H14FN5O3S/c1-9-14(10-2-4-11(19)5-3-10)16-21-20-15-12(24(16)22-9)6-7-23(17(15)25)13(8-28)18(26)27/h2-7,13,28H,8H2,1H3,(H,26,27)/t13-/m0/s1. The fourth-order valence-electron chi connectivity index (χ4n) is 3.15. The lowest BCUT2D eigenvalue weighted by atomic mass is 10.1. The van der Waals surface area contributed by atoms with Crippen LogP contribution in [-0.4, -0.2) is 41.2 Å². The lowest BCUT2D eigenvalue weighted by Gasteiger charge is -2.13. The van der Waals surface area contributed by atoms with E-state index in [-0.39, 0.29) is 17.1 Å². The number of aliphatic carboxylic acids is 1. The number of pyridine rings is 1. The van der Waals surface area contributed by atoms with Gasteiger partial charge < -0.3 is 5.11 Å². The number of fused-ring (bicyclic) bond motifs is 3. The van der Waals surface area contributed by atoms with Crippen LogP contribution in [0, 0.1) is 12.7 Å². The molecule has 0 aliphatic heterocycles. The second kappa shape index (κ2) is 6.71. The molecule has 3 heterocycles. The Morgan fingerprint density at radius 1 is 1.25 bits per heavy atom. The molecule has 1 atom stereocenters. The van der Waals surface area contributed by atoms with Crippen LogP contribution < -0.4 is 5.56 Å². The van der Waals surface area contributed by atoms with Gasteiger partial charge >= 0.3 is 5.97 Å². The second-order valence-electron chi connectivity index (χ2n) is 6.20. The lowest BCUT2D eigenvalue weighted by molar-refractivity contribution is -0.140. The molecule has 1 aromatic carbocycles. The monoisotopic (exact) mass is 399 g/mol. The molecule has 28 heavy (non-hydrogen) atoms. The van der Waals surface area contributed by atoms with E-state index in [4.69, 9.17) is 0 Å². The number of carboxylic acid groups (broad SMARTS) is 1. The van der Waals surface area contributed by atoms with Crippen LogP contribution in [0.2, 0.25) is 0 Å². The molecule has 0 unspecified atom stereocenters. The highest BCUT2D eigenvalue weighted by molar-refractivity contribution is 7.80. The van der Waals surface area contributed by atoms with E-state index in [1.54, 1.807) is 25.1 Å². The summed E-state index contributed by atoms with van der Waals surface area (Å²) < 4.78 is 15.8. The summed E-state index contributed by atoms with van der Waals surface area (Å²) in [5.74, 6) is -1.57. The molecular formula is C18H14FN5O3S. The van der Waals surface area contributed by atoms with Crippen LogP contribution in [-0.2, 0) is 4.79 Å². The average molecular weight is 399 g/mol. The van der Waals surface area contributed by atoms with Gasteiger partial charge in [-0.05, 0) is 30.7 Å². The average Bonchev–Trinajstić information content (AvgIpc) is 3.01. The number of nitrogens with zero attached hydrogens (tertiary/aromatic N) is 5. The van der Waals surface area contributed by atoms with E-state index in [0.29, 0.717) is 22.4 Å². The number of hydrogen-bond donors (Lipinski definition) is 2. The molecule has 0 fully saturated rings. The highest BCUT2D eigenvalue weighted by Crippen LogP contribution is 2.28. The van der Waals surface area contributed by atoms with Crippen LogP contribution in [0.1, 0.15) is 11.7 Å². The fraction of sp³-hybridized carbons (Fsp3) is 0.167. The number of hydrogen-bond acceptors (Lipinski definition) is 6. The highest BCUT2D eigenvalue weighted by atomic mass is 32.1. The molecule has 4 rings (SSSR count). The maximum absolute atomic E-state index is 13.3. The van der Waals surface area contributed by atoms with Crippen molar-refractivity contribution in [2.75, 3.05) is 5.75 Å². The second-order valence-corrected chi connectivity index (χ2v) is 6.57. The molecule has 4 aromatic rings. The number of aromatic nitrogens is 5. The summed E-state index contributed by atoms with van der Waals surface area (Å²) >= 11 is 4.01. The van der Waals surface area contributed by atoms with Crippen molar-refractivity contribution in [2.24, 2.45) is 0 Å². The predicted molar refractivity (Wildman–Crippen MR) is 103 cm³/mol. The van der Waals surface area contributed by atoms with Crippen molar-refractivity contribution < 1.29 is 14.3 Å². The molecule has 0 spiro atoms. The first kappa shape index (κ1) is 18.1. The van der Waals surface area contributed by atoms with E-state index in [0.717, 1.165) is 10.1 Å². The minimum atomic E-state index is -1.17. The van der Waals surface area contributed by atoms with Gasteiger partial charge in [0.2, 0.25) is 0 Å². The van der Waals surface area contributed by atoms with Crippen molar-refractivity contribution >= 4 is 35.3 Å². The maximum Gasteiger partial charge on any atom is 0.327 e. The predicted octanol–water partition coefficient (Wildman–Crippen LogP) is 2.11. The summed E-state index contributed by atoms with van der Waals surface area (Å²) in [7, 11) is 0. The Balaban J connectivity index is 1.98. The van der Waals surface area contributed by atoms with Crippen LogP contribution in [0.4, 0.5) is 4.39 Å². The van der Waals surface area contributed by atoms with Crippen molar-refractivity contribution in [3.63, 3.8) is 0 Å². The first-order valence-electron chi connectivity index (χ1n) is 8.29. The Morgan fingerprint density at radius 3 is 2.61 bits per heavy atom. The Kier molecular flexibility index (Phi) is 4.34. The molecule has 0 amide bonds. The van der Waals surface area contributed by atoms with Crippen LogP contribution in [0.5, 0.6) is 0 Å². The molecule has 3 aromatic heterocycles. The summed E-state index contributed by atoms with van der Waals surface area (Å²) in [4.78, 5) is 24.1. The van der Waals surface area contributed by atoms with Gasteiger partial charge in [0.15, 0.2) is 11.2 Å². The first-order chi connectivity index (χ1) is 13.4. The zero-order valence-electron chi connectivity index (χ0n) is 14.6. The van der Waals surface area contributed by atoms with Crippen LogP contribution >= 0.6 is 12.6 Å². The normalized spacial score (nSPS) is 12.5. The van der Waals surface area contributed by atoms with Gasteiger partial charge in [-0.1, -0.05) is 12.1 Å². The summed E-state index contributed by atoms with van der Waals surface area (Å²) in [5, 5.41) is 21.9. The van der Waals surface area contributed by atoms with Crippen LogP contribution in [0.25, 0.3) is 27.8 Å². The van der Waals surface area contributed by atoms with Crippen molar-refractivity contribution in [2.45, 2.75) is 13.0 Å². The van der Waals surface area contributed by atoms with Gasteiger partial charge in [-0.2, -0.15) is 17.7 Å². The molecule has 1 N–H and O–H groups in total. The fourth-order valence-corrected chi connectivity index (χ4v) is 3.48. The number of aryl methyl sites for hydroxylation is 1. The van der Waals surface area contributed by atoms with Crippen LogP contribution in [0.15, 0.2) is 41.3 Å². The molecular weight excluding hydrogens is 385 g/mol. The Morgan fingerprint density at radius 2 is 1.96 bits per heavy atom. The smallest absolute Gasteiger partial charge is 0.327 e. The van der Waals surface area contributed by atoms with E-state index in [2.05, 4.69) is 27.9 Å². The number of carboxylic acids is 1. The summed E-state index contributed by atoms with van der Waals surface area (Å²) in [6, 6.07) is 6.37. The molecule has 0 saturated heterocycles. The summed E-state index contributed by atoms with van der Waals surface area (Å²) in [6.07, 6.45) is 1.38. The third-order valence-electron chi connectivity index (χ3n) is 4.51. The SMILES string of the molecule is Cc1nn2c(nnc3c(=O)n([C@@H](CS)C(=O)O)ccc32)c1-c1ccc(F)cc1. The van der Waals surface area contributed by atoms with Gasteiger partial charge in [-0.3, -0.25) is 9.36 Å². The minimum Gasteiger partial charge on any atom is -0.480 e. The zero-order valence-corrected chi connectivity index (χ0v) is 15.5. The Bertz CT molecular complexity index is 1280. The lowest BCUT2D eigenvalue weighted by Crippen LogP contribution is -2.31. The van der Waals surface area contributed by atoms with Crippen molar-refractivity contribution in [3.05, 3.63) is 58.4 Å². The number of thiol groups is 1. The van der Waals surface area contributed by atoms with E-state index in [9.17, 15) is 19.1 Å². The number of rotatable bonds is 4. The number of benzene rings is 1. The van der Waals surface area contributed by atoms with E-state index >= 15 is 0 Å². The topological polar surface area (TPSA) is 102 Å². The van der Waals surface area contributed by atoms with Crippen LogP contribution in [0.3, 0.4) is 0 Å². The van der Waals surface area contributed by atoms with Crippen molar-refractivity contribution in [1.82, 2.24) is 24.4 Å². The Hall–Kier alpha value is -3.27. The number of halogens is 1. The maximum atomic E-state index is 13.3. The molecule has 0 bridgehead atoms. The molecule has 0 saturated carbocycles. The van der Waals surface area contributed by atoms with Gasteiger partial charge in [0.1, 0.15) is 17.4 Å². The molecule has 0 radical (unpaired) electrons. The van der Waals surface area contributed by atoms with Crippen molar-refractivity contribution in [1.29, 1.82) is 0 Å². The van der Waals surface area contributed by atoms with Gasteiger partial charge in [0.25, 0.3) is 5.56 Å². The molecule has 142 valence electrons. The van der Waals surface area contributed by atoms with Gasteiger partial charge in [0, 0.05) is 11.9 Å². The zero-order chi connectivity index (χ0) is 20.0. The molecule has 0 aliphatic rings. The molecule has 10 heteroatoms. The van der Waals surface area contributed by atoms with Gasteiger partial charge in [-0.25, -0.2) is 13.7 Å². The van der Waals surface area contributed by atoms with Gasteiger partial charge in [0.05, 0.1) is 11.3 Å². The summed E-state index contributed by atoms with van der Waals surface area (Å²) in [5.41, 5.74) is 2.25. The van der Waals surface area contributed by atoms with E-state index in [1.807, 2.05) is 0 Å². The minimum absolute atomic E-state index is 0.00353.